The number of carbonyl (C=O) groups excluding carboxylic acids is 1. The molecule has 1 aromatic heterocycles. The maximum absolute atomic E-state index is 12.0. The van der Waals surface area contributed by atoms with E-state index in [1.54, 1.807) is 9.58 Å². The summed E-state index contributed by atoms with van der Waals surface area (Å²) in [7, 11) is 1.85. The number of ether oxygens (including phenoxy) is 1. The van der Waals surface area contributed by atoms with Crippen LogP contribution in [0.15, 0.2) is 6.20 Å². The summed E-state index contributed by atoms with van der Waals surface area (Å²) < 4.78 is 7.08. The summed E-state index contributed by atoms with van der Waals surface area (Å²) in [5.41, 5.74) is 6.34. The molecular weight excluding hydrogens is 270 g/mol. The van der Waals surface area contributed by atoms with Gasteiger partial charge in [0.1, 0.15) is 11.4 Å². The van der Waals surface area contributed by atoms with Crippen LogP contribution in [-0.2, 0) is 18.3 Å². The van der Waals surface area contributed by atoms with Gasteiger partial charge in [0.2, 0.25) is 0 Å². The topological polar surface area (TPSA) is 85.4 Å². The highest BCUT2D eigenvalue weighted by Crippen LogP contribution is 2.16. The molecule has 0 aliphatic carbocycles. The van der Waals surface area contributed by atoms with Crippen LogP contribution in [-0.4, -0.2) is 45.5 Å². The fourth-order valence-electron chi connectivity index (χ4n) is 2.36. The number of hydrogen-bond acceptors (Lipinski definition) is 5. The first kappa shape index (κ1) is 15.6. The van der Waals surface area contributed by atoms with Crippen molar-refractivity contribution in [1.82, 2.24) is 20.0 Å². The number of nitrogens with two attached hydrogens (primary N) is 1. The number of nitrogens with one attached hydrogen (secondary N) is 1. The third-order valence-corrected chi connectivity index (χ3v) is 3.36. The fourth-order valence-corrected chi connectivity index (χ4v) is 2.36. The third kappa shape index (κ3) is 4.35. The highest BCUT2D eigenvalue weighted by atomic mass is 16.6. The first-order chi connectivity index (χ1) is 9.74. The molecule has 1 amide bonds. The zero-order valence-corrected chi connectivity index (χ0v) is 13.2. The molecule has 0 bridgehead atoms. The van der Waals surface area contributed by atoms with Gasteiger partial charge in [-0.2, -0.15) is 5.10 Å². The minimum absolute atomic E-state index is 0.243. The van der Waals surface area contributed by atoms with Crippen LogP contribution in [0.5, 0.6) is 0 Å². The Morgan fingerprint density at radius 1 is 1.57 bits per heavy atom. The zero-order valence-electron chi connectivity index (χ0n) is 13.2. The number of aryl methyl sites for hydroxylation is 1. The fraction of sp³-hybridized carbons (Fsp3) is 0.714. The highest BCUT2D eigenvalue weighted by molar-refractivity contribution is 5.68. The summed E-state index contributed by atoms with van der Waals surface area (Å²) in [6, 6.07) is 0.261. The zero-order chi connectivity index (χ0) is 15.6. The van der Waals surface area contributed by atoms with Crippen LogP contribution in [0.3, 0.4) is 0 Å². The predicted octanol–water partition coefficient (Wildman–Crippen LogP) is 1.10. The maximum atomic E-state index is 12.0. The molecule has 118 valence electrons. The molecule has 1 atom stereocenters. The molecule has 0 radical (unpaired) electrons. The van der Waals surface area contributed by atoms with Crippen LogP contribution < -0.4 is 11.1 Å². The van der Waals surface area contributed by atoms with E-state index in [-0.39, 0.29) is 12.1 Å². The molecule has 0 saturated carbocycles. The van der Waals surface area contributed by atoms with Gasteiger partial charge in [-0.25, -0.2) is 4.79 Å². The Morgan fingerprint density at radius 2 is 2.29 bits per heavy atom. The second kappa shape index (κ2) is 5.93. The van der Waals surface area contributed by atoms with Crippen LogP contribution in [0.4, 0.5) is 10.6 Å². The lowest BCUT2D eigenvalue weighted by Gasteiger charge is -2.24. The molecule has 2 heterocycles. The number of nitrogens with zero attached hydrogens (tertiary/aromatic N) is 3. The molecule has 1 saturated heterocycles. The van der Waals surface area contributed by atoms with Crippen LogP contribution in [0.25, 0.3) is 0 Å². The summed E-state index contributed by atoms with van der Waals surface area (Å²) in [6.07, 6.45) is 2.58. The van der Waals surface area contributed by atoms with Crippen molar-refractivity contribution >= 4 is 11.9 Å². The number of aromatic nitrogens is 2. The average Bonchev–Trinajstić information content (AvgIpc) is 2.91. The van der Waals surface area contributed by atoms with E-state index in [1.165, 1.54) is 0 Å². The van der Waals surface area contributed by atoms with Gasteiger partial charge >= 0.3 is 6.09 Å². The van der Waals surface area contributed by atoms with Gasteiger partial charge in [0.15, 0.2) is 0 Å². The molecule has 7 heteroatoms. The molecular formula is C14H25N5O2. The Bertz CT molecular complexity index is 506. The SMILES string of the molecule is Cn1cc(CNC2CCN(C(=O)OC(C)(C)C)C2)c(N)n1. The van der Waals surface area contributed by atoms with Crippen molar-refractivity contribution in [3.63, 3.8) is 0 Å². The van der Waals surface area contributed by atoms with Crippen LogP contribution in [0.1, 0.15) is 32.8 Å². The summed E-state index contributed by atoms with van der Waals surface area (Å²) in [5.74, 6) is 0.548. The molecule has 0 aromatic carbocycles. The van der Waals surface area contributed by atoms with Gasteiger partial charge in [-0.05, 0) is 27.2 Å². The number of rotatable bonds is 3. The van der Waals surface area contributed by atoms with E-state index in [1.807, 2.05) is 34.0 Å². The first-order valence-corrected chi connectivity index (χ1v) is 7.24. The Morgan fingerprint density at radius 3 is 2.86 bits per heavy atom. The summed E-state index contributed by atoms with van der Waals surface area (Å²) in [6.45, 7) is 7.67. The lowest BCUT2D eigenvalue weighted by atomic mass is 10.2. The predicted molar refractivity (Wildman–Crippen MR) is 80.7 cm³/mol. The molecule has 0 spiro atoms. The minimum Gasteiger partial charge on any atom is -0.444 e. The van der Waals surface area contributed by atoms with Crippen LogP contribution in [0, 0.1) is 0 Å². The van der Waals surface area contributed by atoms with E-state index in [9.17, 15) is 4.79 Å². The number of hydrogen-bond donors (Lipinski definition) is 2. The number of carbonyl (C=O) groups is 1. The highest BCUT2D eigenvalue weighted by Gasteiger charge is 2.29. The normalized spacial score (nSPS) is 19.0. The summed E-state index contributed by atoms with van der Waals surface area (Å²) in [4.78, 5) is 13.7. The van der Waals surface area contributed by atoms with Gasteiger partial charge < -0.3 is 20.7 Å². The van der Waals surface area contributed by atoms with Crippen molar-refractivity contribution in [2.75, 3.05) is 18.8 Å². The first-order valence-electron chi connectivity index (χ1n) is 7.24. The molecule has 1 aliphatic heterocycles. The third-order valence-electron chi connectivity index (χ3n) is 3.36. The molecule has 1 unspecified atom stereocenters. The quantitative estimate of drug-likeness (QED) is 0.872. The lowest BCUT2D eigenvalue weighted by molar-refractivity contribution is 0.0291. The second-order valence-electron chi connectivity index (χ2n) is 6.51. The van der Waals surface area contributed by atoms with Gasteiger partial charge in [-0.3, -0.25) is 4.68 Å². The van der Waals surface area contributed by atoms with E-state index in [0.29, 0.717) is 18.9 Å². The van der Waals surface area contributed by atoms with E-state index < -0.39 is 5.60 Å². The van der Waals surface area contributed by atoms with Crippen molar-refractivity contribution in [3.8, 4) is 0 Å². The van der Waals surface area contributed by atoms with Gasteiger partial charge in [-0.15, -0.1) is 0 Å². The molecule has 3 N–H and O–H groups in total. The van der Waals surface area contributed by atoms with Crippen molar-refractivity contribution in [2.24, 2.45) is 7.05 Å². The Hall–Kier alpha value is -1.76. The standard InChI is InChI=1S/C14H25N5O2/c1-14(2,3)21-13(20)19-6-5-11(9-19)16-7-10-8-18(4)17-12(10)15/h8,11,16H,5-7,9H2,1-4H3,(H2,15,17). The smallest absolute Gasteiger partial charge is 0.410 e. The van der Waals surface area contributed by atoms with E-state index in [4.69, 9.17) is 10.5 Å². The van der Waals surface area contributed by atoms with Crippen molar-refractivity contribution in [1.29, 1.82) is 0 Å². The second-order valence-corrected chi connectivity index (χ2v) is 6.51. The number of anilines is 1. The van der Waals surface area contributed by atoms with Crippen molar-refractivity contribution < 1.29 is 9.53 Å². The molecule has 2 rings (SSSR count). The van der Waals surface area contributed by atoms with Gasteiger partial charge in [0.05, 0.1) is 0 Å². The van der Waals surface area contributed by atoms with E-state index >= 15 is 0 Å². The molecule has 21 heavy (non-hydrogen) atoms. The summed E-state index contributed by atoms with van der Waals surface area (Å²) >= 11 is 0. The maximum Gasteiger partial charge on any atom is 0.410 e. The molecule has 7 nitrogen and oxygen atoms in total. The van der Waals surface area contributed by atoms with Crippen molar-refractivity contribution in [3.05, 3.63) is 11.8 Å². The number of amides is 1. The lowest BCUT2D eigenvalue weighted by Crippen LogP contribution is -2.38. The van der Waals surface area contributed by atoms with Gasteiger partial charge in [0.25, 0.3) is 0 Å². The van der Waals surface area contributed by atoms with Gasteiger partial charge in [-0.1, -0.05) is 0 Å². The molecule has 1 aromatic rings. The Balaban J connectivity index is 1.80. The number of nitrogen functional groups attached to an aromatic ring is 1. The average molecular weight is 295 g/mol. The molecule has 1 aliphatic rings. The largest absolute Gasteiger partial charge is 0.444 e. The van der Waals surface area contributed by atoms with Crippen molar-refractivity contribution in [2.45, 2.75) is 45.4 Å². The minimum atomic E-state index is -0.452. The van der Waals surface area contributed by atoms with Crippen LogP contribution >= 0.6 is 0 Å². The monoisotopic (exact) mass is 295 g/mol. The van der Waals surface area contributed by atoms with E-state index in [0.717, 1.165) is 18.5 Å². The molecule has 1 fully saturated rings. The number of likely N-dealkylation sites (tertiary alicyclic amines) is 1. The van der Waals surface area contributed by atoms with E-state index in [2.05, 4.69) is 10.4 Å². The van der Waals surface area contributed by atoms with Gasteiger partial charge in [0, 0.05) is 44.5 Å². The Kier molecular flexibility index (Phi) is 4.41. The van der Waals surface area contributed by atoms with Crippen LogP contribution in [0.2, 0.25) is 0 Å². The summed E-state index contributed by atoms with van der Waals surface area (Å²) in [5, 5.41) is 7.53. The Labute approximate surface area is 125 Å².